The van der Waals surface area contributed by atoms with Crippen molar-refractivity contribution in [1.82, 2.24) is 4.98 Å². The van der Waals surface area contributed by atoms with Crippen LogP contribution in [0.4, 0.5) is 4.39 Å². The predicted molar refractivity (Wildman–Crippen MR) is 46.3 cm³/mol. The number of aromatic nitrogens is 1. The lowest BCUT2D eigenvalue weighted by Crippen LogP contribution is -2.25. The number of aliphatic carboxylic acids is 1. The number of hydrogen-bond donors (Lipinski definition) is 1. The van der Waals surface area contributed by atoms with E-state index in [0.717, 1.165) is 0 Å². The molecule has 0 aliphatic rings. The molecule has 1 N–H and O–H groups in total. The quantitative estimate of drug-likeness (QED) is 0.781. The van der Waals surface area contributed by atoms with Crippen LogP contribution in [0.25, 0.3) is 0 Å². The summed E-state index contributed by atoms with van der Waals surface area (Å²) in [5, 5.41) is 8.65. The molecule has 0 spiro atoms. The third kappa shape index (κ3) is 2.50. The van der Waals surface area contributed by atoms with Gasteiger partial charge in [0.1, 0.15) is 5.82 Å². The summed E-state index contributed by atoms with van der Waals surface area (Å²) in [7, 11) is 1.26. The Balaban J connectivity index is 2.77. The van der Waals surface area contributed by atoms with E-state index in [2.05, 4.69) is 9.72 Å². The fourth-order valence-electron chi connectivity index (χ4n) is 1.02. The minimum atomic E-state index is -1.13. The lowest BCUT2D eigenvalue weighted by Gasteiger charge is -2.09. The van der Waals surface area contributed by atoms with E-state index in [1.807, 2.05) is 0 Å². The summed E-state index contributed by atoms with van der Waals surface area (Å²) < 4.78 is 17.7. The van der Waals surface area contributed by atoms with Crippen molar-refractivity contribution in [1.29, 1.82) is 0 Å². The molecule has 0 saturated carbocycles. The van der Waals surface area contributed by atoms with Crippen molar-refractivity contribution in [3.05, 3.63) is 29.8 Å². The molecule has 5 heteroatoms. The van der Waals surface area contributed by atoms with Crippen LogP contribution in [0.15, 0.2) is 18.3 Å². The fourth-order valence-corrected chi connectivity index (χ4v) is 1.02. The molecule has 1 unspecified atom stereocenters. The highest BCUT2D eigenvalue weighted by atomic mass is 19.1. The van der Waals surface area contributed by atoms with Gasteiger partial charge >= 0.3 is 5.97 Å². The van der Waals surface area contributed by atoms with Gasteiger partial charge in [0.15, 0.2) is 6.10 Å². The lowest BCUT2D eigenvalue weighted by atomic mass is 10.2. The first kappa shape index (κ1) is 10.6. The van der Waals surface area contributed by atoms with Gasteiger partial charge in [0.05, 0.1) is 5.69 Å². The highest BCUT2D eigenvalue weighted by molar-refractivity contribution is 5.72. The molecule has 1 aromatic heterocycles. The van der Waals surface area contributed by atoms with Gasteiger partial charge in [-0.25, -0.2) is 9.18 Å². The van der Waals surface area contributed by atoms with Gasteiger partial charge in [-0.1, -0.05) is 0 Å². The van der Waals surface area contributed by atoms with E-state index in [9.17, 15) is 9.18 Å². The van der Waals surface area contributed by atoms with Crippen molar-refractivity contribution < 1.29 is 19.0 Å². The maximum absolute atomic E-state index is 13.0. The number of carbonyl (C=O) groups is 1. The third-order valence-corrected chi connectivity index (χ3v) is 1.77. The van der Waals surface area contributed by atoms with Crippen molar-refractivity contribution in [3.63, 3.8) is 0 Å². The topological polar surface area (TPSA) is 59.4 Å². The first-order valence-electron chi connectivity index (χ1n) is 4.00. The molecular weight excluding hydrogens is 189 g/mol. The molecule has 1 heterocycles. The first-order valence-corrected chi connectivity index (χ1v) is 4.00. The van der Waals surface area contributed by atoms with Gasteiger partial charge < -0.3 is 9.84 Å². The molecular formula is C9H10FNO3. The second kappa shape index (κ2) is 4.66. The summed E-state index contributed by atoms with van der Waals surface area (Å²) in [6.07, 6.45) is 0.283. The van der Waals surface area contributed by atoms with Gasteiger partial charge in [-0.3, -0.25) is 4.98 Å². The van der Waals surface area contributed by atoms with Crippen molar-refractivity contribution >= 4 is 5.97 Å². The summed E-state index contributed by atoms with van der Waals surface area (Å²) >= 11 is 0. The van der Waals surface area contributed by atoms with Crippen LogP contribution in [-0.2, 0) is 16.0 Å². The minimum absolute atomic E-state index is 0.0709. The molecule has 0 aromatic carbocycles. The Bertz CT molecular complexity index is 330. The molecule has 0 bridgehead atoms. The standard InChI is InChI=1S/C9H10FNO3/c1-14-8(9(12)13)5-7-6(10)3-2-4-11-7/h2-4,8H,5H2,1H3,(H,12,13). The maximum Gasteiger partial charge on any atom is 0.333 e. The van der Waals surface area contributed by atoms with Crippen LogP contribution in [0.1, 0.15) is 5.69 Å². The number of methoxy groups -OCH3 is 1. The van der Waals surface area contributed by atoms with Crippen molar-refractivity contribution in [2.45, 2.75) is 12.5 Å². The molecule has 14 heavy (non-hydrogen) atoms. The van der Waals surface area contributed by atoms with Gasteiger partial charge in [-0.05, 0) is 12.1 Å². The number of ether oxygens (including phenoxy) is 1. The zero-order valence-corrected chi connectivity index (χ0v) is 7.61. The zero-order valence-electron chi connectivity index (χ0n) is 7.61. The van der Waals surface area contributed by atoms with Crippen LogP contribution in [0.5, 0.6) is 0 Å². The number of hydrogen-bond acceptors (Lipinski definition) is 3. The molecule has 1 rings (SSSR count). The Hall–Kier alpha value is -1.49. The molecule has 0 amide bonds. The van der Waals surface area contributed by atoms with Gasteiger partial charge in [0.25, 0.3) is 0 Å². The molecule has 0 saturated heterocycles. The molecule has 76 valence electrons. The Kier molecular flexibility index (Phi) is 3.53. The van der Waals surface area contributed by atoms with E-state index in [1.165, 1.54) is 25.4 Å². The van der Waals surface area contributed by atoms with Crippen molar-refractivity contribution in [2.75, 3.05) is 7.11 Å². The number of halogens is 1. The average Bonchev–Trinajstić information content (AvgIpc) is 2.16. The van der Waals surface area contributed by atoms with Crippen LogP contribution >= 0.6 is 0 Å². The Morgan fingerprint density at radius 3 is 3.00 bits per heavy atom. The number of carboxylic acid groups (broad SMARTS) is 1. The fraction of sp³-hybridized carbons (Fsp3) is 0.333. The van der Waals surface area contributed by atoms with E-state index in [4.69, 9.17) is 5.11 Å². The number of carboxylic acids is 1. The monoisotopic (exact) mass is 199 g/mol. The number of nitrogens with zero attached hydrogens (tertiary/aromatic N) is 1. The van der Waals surface area contributed by atoms with Gasteiger partial charge in [-0.2, -0.15) is 0 Å². The van der Waals surface area contributed by atoms with E-state index >= 15 is 0 Å². The van der Waals surface area contributed by atoms with Gasteiger partial charge in [-0.15, -0.1) is 0 Å². The van der Waals surface area contributed by atoms with E-state index in [-0.39, 0.29) is 12.1 Å². The Labute approximate surface area is 80.3 Å². The highest BCUT2D eigenvalue weighted by Gasteiger charge is 2.19. The molecule has 0 radical (unpaired) electrons. The van der Waals surface area contributed by atoms with Crippen LogP contribution in [0.3, 0.4) is 0 Å². The Morgan fingerprint density at radius 2 is 2.50 bits per heavy atom. The largest absolute Gasteiger partial charge is 0.479 e. The van der Waals surface area contributed by atoms with Crippen LogP contribution in [0.2, 0.25) is 0 Å². The number of rotatable bonds is 4. The molecule has 4 nitrogen and oxygen atoms in total. The van der Waals surface area contributed by atoms with Gasteiger partial charge in [0, 0.05) is 19.7 Å². The van der Waals surface area contributed by atoms with E-state index in [1.54, 1.807) is 0 Å². The van der Waals surface area contributed by atoms with E-state index < -0.39 is 17.9 Å². The highest BCUT2D eigenvalue weighted by Crippen LogP contribution is 2.07. The molecule has 0 fully saturated rings. The molecule has 0 aliphatic heterocycles. The normalized spacial score (nSPS) is 12.4. The summed E-state index contributed by atoms with van der Waals surface area (Å²) in [6, 6.07) is 2.68. The molecule has 1 atom stereocenters. The van der Waals surface area contributed by atoms with Crippen LogP contribution in [0, 0.1) is 5.82 Å². The summed E-state index contributed by atoms with van der Waals surface area (Å²) in [4.78, 5) is 14.3. The van der Waals surface area contributed by atoms with Crippen LogP contribution in [-0.4, -0.2) is 29.3 Å². The molecule has 1 aromatic rings. The second-order valence-corrected chi connectivity index (χ2v) is 2.70. The predicted octanol–water partition coefficient (Wildman–Crippen LogP) is 0.863. The van der Waals surface area contributed by atoms with Crippen LogP contribution < -0.4 is 0 Å². The smallest absolute Gasteiger partial charge is 0.333 e. The Morgan fingerprint density at radius 1 is 1.79 bits per heavy atom. The summed E-state index contributed by atoms with van der Waals surface area (Å²) in [6.45, 7) is 0. The van der Waals surface area contributed by atoms with Gasteiger partial charge in [0.2, 0.25) is 0 Å². The third-order valence-electron chi connectivity index (χ3n) is 1.77. The lowest BCUT2D eigenvalue weighted by molar-refractivity contribution is -0.148. The zero-order chi connectivity index (χ0) is 10.6. The summed E-state index contributed by atoms with van der Waals surface area (Å²) in [5.41, 5.74) is 0.0988. The first-order chi connectivity index (χ1) is 6.65. The number of pyridine rings is 1. The van der Waals surface area contributed by atoms with Crippen molar-refractivity contribution in [2.24, 2.45) is 0 Å². The minimum Gasteiger partial charge on any atom is -0.479 e. The average molecular weight is 199 g/mol. The summed E-state index contributed by atoms with van der Waals surface area (Å²) in [5.74, 6) is -1.65. The van der Waals surface area contributed by atoms with Crippen molar-refractivity contribution in [3.8, 4) is 0 Å². The second-order valence-electron chi connectivity index (χ2n) is 2.70. The van der Waals surface area contributed by atoms with E-state index in [0.29, 0.717) is 0 Å². The SMILES string of the molecule is COC(Cc1ncccc1F)C(=O)O. The molecule has 0 aliphatic carbocycles. The maximum atomic E-state index is 13.0.